The molecule has 26 heavy (non-hydrogen) atoms. The van der Waals surface area contributed by atoms with E-state index in [1.165, 1.54) is 0 Å². The number of amides is 1. The van der Waals surface area contributed by atoms with Gasteiger partial charge in [-0.3, -0.25) is 9.20 Å². The molecule has 7 nitrogen and oxygen atoms in total. The van der Waals surface area contributed by atoms with Crippen LogP contribution in [0.3, 0.4) is 0 Å². The van der Waals surface area contributed by atoms with E-state index in [0.717, 1.165) is 41.4 Å². The van der Waals surface area contributed by atoms with Crippen molar-refractivity contribution in [3.05, 3.63) is 47.4 Å². The number of imidazole rings is 1. The van der Waals surface area contributed by atoms with E-state index < -0.39 is 0 Å². The van der Waals surface area contributed by atoms with Gasteiger partial charge in [0, 0.05) is 49.2 Å². The Bertz CT molecular complexity index is 877. The van der Waals surface area contributed by atoms with Crippen molar-refractivity contribution in [3.63, 3.8) is 0 Å². The molecule has 1 unspecified atom stereocenters. The molecular formula is C18H21N5O2S. The zero-order chi connectivity index (χ0) is 17.9. The Morgan fingerprint density at radius 1 is 1.46 bits per heavy atom. The summed E-state index contributed by atoms with van der Waals surface area (Å²) in [5.41, 5.74) is 1.72. The van der Waals surface area contributed by atoms with Gasteiger partial charge in [-0.15, -0.1) is 11.3 Å². The summed E-state index contributed by atoms with van der Waals surface area (Å²) >= 11 is 1.55. The first kappa shape index (κ1) is 17.0. The van der Waals surface area contributed by atoms with Gasteiger partial charge in [-0.25, -0.2) is 9.97 Å². The number of fused-ring (bicyclic) bond motifs is 1. The molecule has 1 aliphatic heterocycles. The minimum atomic E-state index is -0.317. The van der Waals surface area contributed by atoms with Crippen molar-refractivity contribution >= 4 is 28.0 Å². The van der Waals surface area contributed by atoms with Crippen LogP contribution >= 0.6 is 11.3 Å². The summed E-state index contributed by atoms with van der Waals surface area (Å²) in [6.45, 7) is 1.88. The van der Waals surface area contributed by atoms with Gasteiger partial charge in [-0.1, -0.05) is 6.07 Å². The molecule has 2 N–H and O–H groups in total. The molecule has 1 amide bonds. The van der Waals surface area contributed by atoms with E-state index >= 15 is 0 Å². The van der Waals surface area contributed by atoms with Crippen molar-refractivity contribution in [1.82, 2.24) is 19.7 Å². The number of piperidine rings is 1. The summed E-state index contributed by atoms with van der Waals surface area (Å²) in [6, 6.07) is 3.84. The topological polar surface area (TPSA) is 82.8 Å². The Morgan fingerprint density at radius 3 is 3.23 bits per heavy atom. The summed E-state index contributed by atoms with van der Waals surface area (Å²) in [6.07, 6.45) is 7.28. The summed E-state index contributed by atoms with van der Waals surface area (Å²) in [7, 11) is 0. The molecule has 0 spiro atoms. The number of nitrogens with zero attached hydrogens (tertiary/aromatic N) is 4. The molecule has 1 fully saturated rings. The first-order valence-corrected chi connectivity index (χ1v) is 9.61. The van der Waals surface area contributed by atoms with Gasteiger partial charge in [0.05, 0.1) is 18.2 Å². The second kappa shape index (κ2) is 7.43. The van der Waals surface area contributed by atoms with Gasteiger partial charge in [-0.2, -0.15) is 0 Å². The Balaban J connectivity index is 1.39. The van der Waals surface area contributed by atoms with E-state index in [-0.39, 0.29) is 18.4 Å². The fourth-order valence-corrected chi connectivity index (χ4v) is 4.00. The molecule has 3 aromatic rings. The summed E-state index contributed by atoms with van der Waals surface area (Å²) < 4.78 is 1.92. The van der Waals surface area contributed by atoms with Crippen molar-refractivity contribution in [3.8, 4) is 0 Å². The average molecular weight is 371 g/mol. The third kappa shape index (κ3) is 3.71. The smallest absolute Gasteiger partial charge is 0.226 e. The monoisotopic (exact) mass is 371 g/mol. The Hall–Kier alpha value is -2.45. The molecule has 0 bridgehead atoms. The number of aliphatic hydroxyl groups excluding tert-OH is 1. The zero-order valence-corrected chi connectivity index (χ0v) is 15.2. The average Bonchev–Trinajstić information content (AvgIpc) is 3.22. The second-order valence-electron chi connectivity index (χ2n) is 6.51. The van der Waals surface area contributed by atoms with Gasteiger partial charge in [0.1, 0.15) is 5.82 Å². The highest BCUT2D eigenvalue weighted by atomic mass is 32.1. The predicted octanol–water partition coefficient (Wildman–Crippen LogP) is 1.61. The van der Waals surface area contributed by atoms with E-state index in [1.807, 2.05) is 34.3 Å². The Morgan fingerprint density at radius 2 is 2.38 bits per heavy atom. The minimum Gasteiger partial charge on any atom is -0.391 e. The lowest BCUT2D eigenvalue weighted by molar-refractivity contribution is -0.120. The first-order valence-electron chi connectivity index (χ1n) is 8.74. The summed E-state index contributed by atoms with van der Waals surface area (Å²) in [5, 5.41) is 14.8. The molecule has 4 heterocycles. The zero-order valence-electron chi connectivity index (χ0n) is 14.3. The van der Waals surface area contributed by atoms with Gasteiger partial charge in [0.15, 0.2) is 4.96 Å². The van der Waals surface area contributed by atoms with Crippen LogP contribution in [0.5, 0.6) is 0 Å². The van der Waals surface area contributed by atoms with Crippen LogP contribution in [0.2, 0.25) is 0 Å². The largest absolute Gasteiger partial charge is 0.391 e. The van der Waals surface area contributed by atoms with Crippen molar-refractivity contribution in [2.24, 2.45) is 0 Å². The fourth-order valence-electron chi connectivity index (χ4n) is 3.28. The Labute approximate surface area is 155 Å². The second-order valence-corrected chi connectivity index (χ2v) is 7.38. The molecule has 0 saturated carbocycles. The molecule has 0 aromatic carbocycles. The summed E-state index contributed by atoms with van der Waals surface area (Å²) in [5.74, 6) is 0.776. The predicted molar refractivity (Wildman–Crippen MR) is 100 cm³/mol. The number of hydrogen-bond donors (Lipinski definition) is 2. The number of nitrogens with one attached hydrogen (secondary N) is 1. The maximum Gasteiger partial charge on any atom is 0.226 e. The SMILES string of the molecule is O=C(Cc1cn2ccsc2n1)NCc1cccnc1N1CCCC(O)C1. The van der Waals surface area contributed by atoms with Gasteiger partial charge in [0.2, 0.25) is 5.91 Å². The number of rotatable bonds is 5. The van der Waals surface area contributed by atoms with Crippen LogP contribution in [0.1, 0.15) is 24.1 Å². The van der Waals surface area contributed by atoms with Crippen molar-refractivity contribution < 1.29 is 9.90 Å². The highest BCUT2D eigenvalue weighted by Gasteiger charge is 2.21. The van der Waals surface area contributed by atoms with E-state index in [9.17, 15) is 9.90 Å². The third-order valence-electron chi connectivity index (χ3n) is 4.52. The molecule has 8 heteroatoms. The number of aromatic nitrogens is 3. The molecule has 0 radical (unpaired) electrons. The van der Waals surface area contributed by atoms with Gasteiger partial charge >= 0.3 is 0 Å². The third-order valence-corrected chi connectivity index (χ3v) is 5.30. The van der Waals surface area contributed by atoms with E-state index in [4.69, 9.17) is 0 Å². The molecule has 1 saturated heterocycles. The number of pyridine rings is 1. The number of carbonyl (C=O) groups excluding carboxylic acids is 1. The van der Waals surface area contributed by atoms with Gasteiger partial charge in [-0.05, 0) is 18.9 Å². The molecular weight excluding hydrogens is 350 g/mol. The highest BCUT2D eigenvalue weighted by Crippen LogP contribution is 2.21. The number of hydrogen-bond acceptors (Lipinski definition) is 6. The molecule has 0 aliphatic carbocycles. The standard InChI is InChI=1S/C18H21N5O2S/c24-15-4-2-6-22(12-15)17-13(3-1-5-19-17)10-20-16(25)9-14-11-23-7-8-26-18(23)21-14/h1,3,5,7-8,11,15,24H,2,4,6,9-10,12H2,(H,20,25). The maximum absolute atomic E-state index is 12.3. The van der Waals surface area contributed by atoms with E-state index in [1.54, 1.807) is 17.5 Å². The van der Waals surface area contributed by atoms with Crippen LogP contribution in [-0.2, 0) is 17.8 Å². The minimum absolute atomic E-state index is 0.0655. The number of aliphatic hydroxyl groups is 1. The van der Waals surface area contributed by atoms with Crippen LogP contribution in [-0.4, -0.2) is 44.6 Å². The van der Waals surface area contributed by atoms with Crippen molar-refractivity contribution in [1.29, 1.82) is 0 Å². The van der Waals surface area contributed by atoms with Crippen LogP contribution in [0.25, 0.3) is 4.96 Å². The number of β-amino-alcohol motifs (C(OH)–C–C–N with tert-alkyl or cyclic N) is 1. The van der Waals surface area contributed by atoms with Gasteiger partial charge in [0.25, 0.3) is 0 Å². The number of carbonyl (C=O) groups is 1. The number of anilines is 1. The van der Waals surface area contributed by atoms with Crippen LogP contribution in [0, 0.1) is 0 Å². The van der Waals surface area contributed by atoms with Crippen molar-refractivity contribution in [2.75, 3.05) is 18.0 Å². The molecule has 4 rings (SSSR count). The number of thiazole rings is 1. The lowest BCUT2D eigenvalue weighted by Gasteiger charge is -2.32. The van der Waals surface area contributed by atoms with Crippen LogP contribution < -0.4 is 10.2 Å². The lowest BCUT2D eigenvalue weighted by Crippen LogP contribution is -2.39. The van der Waals surface area contributed by atoms with Crippen molar-refractivity contribution in [2.45, 2.75) is 31.9 Å². The normalized spacial score (nSPS) is 17.6. The van der Waals surface area contributed by atoms with Crippen LogP contribution in [0.15, 0.2) is 36.1 Å². The van der Waals surface area contributed by atoms with E-state index in [0.29, 0.717) is 13.1 Å². The lowest BCUT2D eigenvalue weighted by atomic mass is 10.1. The quantitative estimate of drug-likeness (QED) is 0.712. The first-order chi connectivity index (χ1) is 12.7. The maximum atomic E-state index is 12.3. The molecule has 1 atom stereocenters. The van der Waals surface area contributed by atoms with E-state index in [2.05, 4.69) is 20.2 Å². The Kier molecular flexibility index (Phi) is 4.85. The molecule has 3 aromatic heterocycles. The van der Waals surface area contributed by atoms with Crippen LogP contribution in [0.4, 0.5) is 5.82 Å². The van der Waals surface area contributed by atoms with Gasteiger partial charge < -0.3 is 15.3 Å². The molecule has 136 valence electrons. The summed E-state index contributed by atoms with van der Waals surface area (Å²) in [4.78, 5) is 24.2. The highest BCUT2D eigenvalue weighted by molar-refractivity contribution is 7.15. The molecule has 1 aliphatic rings. The fraction of sp³-hybridized carbons (Fsp3) is 0.389.